The molecule has 0 spiro atoms. The van der Waals surface area contributed by atoms with Crippen molar-refractivity contribution < 1.29 is 23.0 Å². The molecule has 5 nitrogen and oxygen atoms in total. The summed E-state index contributed by atoms with van der Waals surface area (Å²) in [7, 11) is 1.50. The van der Waals surface area contributed by atoms with Crippen LogP contribution in [0, 0.1) is 0 Å². The predicted molar refractivity (Wildman–Crippen MR) is 66.2 cm³/mol. The molecule has 1 aromatic rings. The number of ether oxygens (including phenoxy) is 2. The largest absolute Gasteiger partial charge is 0.433 e. The third kappa shape index (κ3) is 5.19. The van der Waals surface area contributed by atoms with Gasteiger partial charge in [-0.25, -0.2) is 0 Å². The summed E-state index contributed by atoms with van der Waals surface area (Å²) in [4.78, 5) is 11.7. The van der Waals surface area contributed by atoms with Crippen LogP contribution in [0.4, 0.5) is 14.5 Å². The molecule has 0 aliphatic heterocycles. The predicted octanol–water partition coefficient (Wildman–Crippen LogP) is 1.59. The molecule has 0 fully saturated rings. The zero-order valence-electron chi connectivity index (χ0n) is 10.4. The van der Waals surface area contributed by atoms with E-state index in [1.54, 1.807) is 6.07 Å². The van der Waals surface area contributed by atoms with Crippen molar-refractivity contribution in [2.45, 2.75) is 19.1 Å². The first-order valence-electron chi connectivity index (χ1n) is 5.63. The van der Waals surface area contributed by atoms with Crippen molar-refractivity contribution in [2.75, 3.05) is 19.0 Å². The van der Waals surface area contributed by atoms with E-state index in [0.717, 1.165) is 0 Å². The molecule has 0 saturated heterocycles. The summed E-state index contributed by atoms with van der Waals surface area (Å²) in [5.74, 6) is -0.591. The molecule has 7 heteroatoms. The molecule has 0 saturated carbocycles. The average Bonchev–Trinajstić information content (AvgIpc) is 2.37. The zero-order valence-corrected chi connectivity index (χ0v) is 10.4. The van der Waals surface area contributed by atoms with Gasteiger partial charge < -0.3 is 20.5 Å². The summed E-state index contributed by atoms with van der Waals surface area (Å²) >= 11 is 0. The number of benzene rings is 1. The minimum absolute atomic E-state index is 0.107. The van der Waals surface area contributed by atoms with Gasteiger partial charge in [0.2, 0.25) is 5.91 Å². The Hall–Kier alpha value is -1.73. The molecule has 1 aromatic carbocycles. The summed E-state index contributed by atoms with van der Waals surface area (Å²) in [6.07, 6.45) is 0.334. The number of amides is 1. The van der Waals surface area contributed by atoms with Crippen LogP contribution in [0.2, 0.25) is 0 Å². The molecule has 0 heterocycles. The fourth-order valence-electron chi connectivity index (χ4n) is 1.37. The van der Waals surface area contributed by atoms with E-state index >= 15 is 0 Å². The van der Waals surface area contributed by atoms with Crippen molar-refractivity contribution in [3.8, 4) is 5.75 Å². The number of hydrogen-bond acceptors (Lipinski definition) is 4. The Kier molecular flexibility index (Phi) is 6.17. The van der Waals surface area contributed by atoms with Gasteiger partial charge in [-0.15, -0.1) is 0 Å². The van der Waals surface area contributed by atoms with Crippen molar-refractivity contribution in [3.63, 3.8) is 0 Å². The lowest BCUT2D eigenvalue weighted by atomic mass is 10.2. The lowest BCUT2D eigenvalue weighted by molar-refractivity contribution is -0.117. The van der Waals surface area contributed by atoms with Crippen molar-refractivity contribution >= 4 is 11.6 Å². The van der Waals surface area contributed by atoms with E-state index in [4.69, 9.17) is 10.5 Å². The standard InChI is InChI=1S/C12H16F2N2O3/c1-18-7-6-8(15)11(17)16-9-4-2-3-5-10(9)19-12(13)14/h2-5,8,12H,6-7,15H2,1H3,(H,16,17). The van der Waals surface area contributed by atoms with Gasteiger partial charge >= 0.3 is 6.61 Å². The van der Waals surface area contributed by atoms with Crippen LogP contribution in [0.15, 0.2) is 24.3 Å². The minimum Gasteiger partial charge on any atom is -0.433 e. The van der Waals surface area contributed by atoms with Gasteiger partial charge in [0.15, 0.2) is 0 Å². The van der Waals surface area contributed by atoms with Gasteiger partial charge in [0.25, 0.3) is 0 Å². The summed E-state index contributed by atoms with van der Waals surface area (Å²) < 4.78 is 33.5. The first-order chi connectivity index (χ1) is 9.04. The normalized spacial score (nSPS) is 12.3. The number of hydrogen-bond donors (Lipinski definition) is 2. The van der Waals surface area contributed by atoms with E-state index in [9.17, 15) is 13.6 Å². The van der Waals surface area contributed by atoms with Gasteiger partial charge in [-0.1, -0.05) is 12.1 Å². The number of nitrogens with one attached hydrogen (secondary N) is 1. The van der Waals surface area contributed by atoms with Gasteiger partial charge in [0, 0.05) is 13.7 Å². The summed E-state index contributed by atoms with van der Waals surface area (Å²) in [5, 5.41) is 2.45. The Morgan fingerprint density at radius 1 is 1.42 bits per heavy atom. The third-order valence-corrected chi connectivity index (χ3v) is 2.33. The highest BCUT2D eigenvalue weighted by Gasteiger charge is 2.16. The molecular formula is C12H16F2N2O3. The SMILES string of the molecule is COCCC(N)C(=O)Nc1ccccc1OC(F)F. The molecule has 19 heavy (non-hydrogen) atoms. The number of carbonyl (C=O) groups excluding carboxylic acids is 1. The van der Waals surface area contributed by atoms with E-state index in [0.29, 0.717) is 13.0 Å². The Bertz CT molecular complexity index is 416. The van der Waals surface area contributed by atoms with Gasteiger partial charge in [0.1, 0.15) is 5.75 Å². The molecule has 0 radical (unpaired) electrons. The van der Waals surface area contributed by atoms with Crippen LogP contribution in [-0.2, 0) is 9.53 Å². The van der Waals surface area contributed by atoms with Crippen molar-refractivity contribution in [1.82, 2.24) is 0 Å². The van der Waals surface area contributed by atoms with Crippen molar-refractivity contribution in [2.24, 2.45) is 5.73 Å². The van der Waals surface area contributed by atoms with Gasteiger partial charge in [0.05, 0.1) is 11.7 Å². The molecule has 1 rings (SSSR count). The number of para-hydroxylation sites is 2. The molecule has 1 unspecified atom stereocenters. The van der Waals surface area contributed by atoms with E-state index in [2.05, 4.69) is 10.1 Å². The Morgan fingerprint density at radius 3 is 2.74 bits per heavy atom. The van der Waals surface area contributed by atoms with Crippen molar-refractivity contribution in [1.29, 1.82) is 0 Å². The van der Waals surface area contributed by atoms with Crippen molar-refractivity contribution in [3.05, 3.63) is 24.3 Å². The van der Waals surface area contributed by atoms with E-state index < -0.39 is 18.6 Å². The zero-order chi connectivity index (χ0) is 14.3. The highest BCUT2D eigenvalue weighted by Crippen LogP contribution is 2.25. The summed E-state index contributed by atoms with van der Waals surface area (Å²) in [5.41, 5.74) is 5.77. The number of alkyl halides is 2. The molecule has 0 aliphatic rings. The number of methoxy groups -OCH3 is 1. The Morgan fingerprint density at radius 2 is 2.11 bits per heavy atom. The maximum absolute atomic E-state index is 12.2. The first-order valence-corrected chi connectivity index (χ1v) is 5.63. The van der Waals surface area contributed by atoms with Crippen LogP contribution >= 0.6 is 0 Å². The average molecular weight is 274 g/mol. The van der Waals surface area contributed by atoms with Gasteiger partial charge in [-0.2, -0.15) is 8.78 Å². The van der Waals surface area contributed by atoms with E-state index in [-0.39, 0.29) is 11.4 Å². The molecule has 1 amide bonds. The third-order valence-electron chi connectivity index (χ3n) is 2.33. The summed E-state index contributed by atoms with van der Waals surface area (Å²) in [6.45, 7) is -2.62. The van der Waals surface area contributed by atoms with Crippen LogP contribution in [0.25, 0.3) is 0 Å². The second-order valence-corrected chi connectivity index (χ2v) is 3.75. The maximum Gasteiger partial charge on any atom is 0.387 e. The fourth-order valence-corrected chi connectivity index (χ4v) is 1.37. The minimum atomic E-state index is -2.96. The Labute approximate surface area is 109 Å². The second kappa shape index (κ2) is 7.65. The molecule has 0 aliphatic carbocycles. The van der Waals surface area contributed by atoms with Gasteiger partial charge in [-0.3, -0.25) is 4.79 Å². The number of halogens is 2. The lowest BCUT2D eigenvalue weighted by Crippen LogP contribution is -2.36. The highest BCUT2D eigenvalue weighted by atomic mass is 19.3. The topological polar surface area (TPSA) is 73.6 Å². The first kappa shape index (κ1) is 15.3. The number of carbonyl (C=O) groups is 1. The lowest BCUT2D eigenvalue weighted by Gasteiger charge is -2.14. The number of anilines is 1. The molecule has 3 N–H and O–H groups in total. The number of rotatable bonds is 7. The van der Waals surface area contributed by atoms with Crippen LogP contribution in [0.5, 0.6) is 5.75 Å². The van der Waals surface area contributed by atoms with Crippen LogP contribution < -0.4 is 15.8 Å². The quantitative estimate of drug-likeness (QED) is 0.792. The maximum atomic E-state index is 12.2. The van der Waals surface area contributed by atoms with E-state index in [1.165, 1.54) is 25.3 Å². The molecule has 1 atom stereocenters. The summed E-state index contributed by atoms with van der Waals surface area (Å²) in [6, 6.07) is 5.13. The molecular weight excluding hydrogens is 258 g/mol. The van der Waals surface area contributed by atoms with E-state index in [1.807, 2.05) is 0 Å². The molecule has 106 valence electrons. The monoisotopic (exact) mass is 274 g/mol. The van der Waals surface area contributed by atoms with Gasteiger partial charge in [-0.05, 0) is 18.6 Å². The smallest absolute Gasteiger partial charge is 0.387 e. The van der Waals surface area contributed by atoms with Crippen LogP contribution in [-0.4, -0.2) is 32.3 Å². The second-order valence-electron chi connectivity index (χ2n) is 3.75. The number of nitrogens with two attached hydrogens (primary N) is 1. The Balaban J connectivity index is 2.68. The van der Waals surface area contributed by atoms with Crippen LogP contribution in [0.1, 0.15) is 6.42 Å². The fraction of sp³-hybridized carbons (Fsp3) is 0.417. The molecule has 0 bridgehead atoms. The highest BCUT2D eigenvalue weighted by molar-refractivity contribution is 5.95. The van der Waals surface area contributed by atoms with Crippen LogP contribution in [0.3, 0.4) is 0 Å². The molecule has 0 aromatic heterocycles.